The van der Waals surface area contributed by atoms with Crippen LogP contribution in [-0.4, -0.2) is 24.4 Å². The topological polar surface area (TPSA) is 9.23 Å². The van der Waals surface area contributed by atoms with Crippen LogP contribution in [0.2, 0.25) is 5.04 Å². The molecule has 0 aliphatic carbocycles. The van der Waals surface area contributed by atoms with Crippen LogP contribution in [-0.2, 0) is 10.8 Å². The van der Waals surface area contributed by atoms with Gasteiger partial charge < -0.3 is 4.43 Å². The maximum absolute atomic E-state index is 6.29. The second-order valence-corrected chi connectivity index (χ2v) is 11.7. The van der Waals surface area contributed by atoms with Gasteiger partial charge in [-0.3, -0.25) is 0 Å². The van der Waals surface area contributed by atoms with Crippen molar-refractivity contribution < 1.29 is 4.43 Å². The molecule has 2 aromatic rings. The van der Waals surface area contributed by atoms with Gasteiger partial charge in [-0.1, -0.05) is 67.6 Å². The summed E-state index contributed by atoms with van der Waals surface area (Å²) in [4.78, 5) is 1.38. The number of benzene rings is 1. The van der Waals surface area contributed by atoms with Gasteiger partial charge in [0.25, 0.3) is 0 Å². The molecular formula is C16H19IOSSi2. The van der Waals surface area contributed by atoms with Crippen LogP contribution in [0.15, 0.2) is 40.5 Å². The lowest BCUT2D eigenvalue weighted by Gasteiger charge is -2.28. The molecule has 0 aliphatic rings. The van der Waals surface area contributed by atoms with Crippen LogP contribution < -0.4 is 0 Å². The molecule has 1 aromatic carbocycles. The first-order valence-corrected chi connectivity index (χ1v) is 11.9. The summed E-state index contributed by atoms with van der Waals surface area (Å²) in [5.41, 5.74) is 0. The minimum atomic E-state index is -1.02. The molecule has 0 fully saturated rings. The molecule has 1 unspecified atom stereocenters. The van der Waals surface area contributed by atoms with E-state index in [0.717, 1.165) is 6.42 Å². The van der Waals surface area contributed by atoms with Gasteiger partial charge in [0.2, 0.25) is 0 Å². The van der Waals surface area contributed by atoms with E-state index in [1.807, 2.05) is 11.3 Å². The van der Waals surface area contributed by atoms with E-state index in [0.29, 0.717) is 0 Å². The van der Waals surface area contributed by atoms with Crippen LogP contribution in [0.3, 0.4) is 0 Å². The van der Waals surface area contributed by atoms with Crippen molar-refractivity contribution in [1.82, 2.24) is 0 Å². The molecular weight excluding hydrogens is 423 g/mol. The fourth-order valence-corrected chi connectivity index (χ4v) is 4.74. The molecule has 21 heavy (non-hydrogen) atoms. The average molecular weight is 442 g/mol. The molecule has 0 spiro atoms. The number of hydrogen-bond acceptors (Lipinski definition) is 2. The third-order valence-corrected chi connectivity index (χ3v) is 9.17. The van der Waals surface area contributed by atoms with Crippen molar-refractivity contribution in [2.45, 2.75) is 38.3 Å². The Bertz CT molecular complexity index is 585. The zero-order chi connectivity index (χ0) is 15.5. The molecule has 0 saturated heterocycles. The highest BCUT2D eigenvalue weighted by Crippen LogP contribution is 2.29. The molecule has 2 rings (SSSR count). The number of halogens is 1. The second kappa shape index (κ2) is 7.54. The van der Waals surface area contributed by atoms with Gasteiger partial charge in [0.1, 0.15) is 0 Å². The van der Waals surface area contributed by atoms with E-state index < -0.39 is 8.56 Å². The number of thiophene rings is 1. The molecule has 1 atom stereocenters. The van der Waals surface area contributed by atoms with Crippen molar-refractivity contribution in [2.75, 3.05) is 0 Å². The maximum atomic E-state index is 6.29. The largest absolute Gasteiger partial charge is 0.414 e. The predicted molar refractivity (Wildman–Crippen MR) is 105 cm³/mol. The van der Waals surface area contributed by atoms with E-state index in [4.69, 9.17) is 4.43 Å². The Kier molecular flexibility index (Phi) is 6.25. The smallest absolute Gasteiger partial charge is 0.193 e. The second-order valence-electron chi connectivity index (χ2n) is 6.01. The van der Waals surface area contributed by atoms with Gasteiger partial charge in [-0.25, -0.2) is 0 Å². The lowest BCUT2D eigenvalue weighted by Crippen LogP contribution is -2.34. The average Bonchev–Trinajstić information content (AvgIpc) is 2.79. The molecule has 1 aromatic heterocycles. The van der Waals surface area contributed by atoms with E-state index in [1.165, 1.54) is 15.0 Å². The third-order valence-electron chi connectivity index (χ3n) is 3.12. The first kappa shape index (κ1) is 17.4. The Morgan fingerprint density at radius 1 is 1.38 bits per heavy atom. The van der Waals surface area contributed by atoms with Crippen molar-refractivity contribution in [3.8, 4) is 0 Å². The molecule has 0 bridgehead atoms. The monoisotopic (exact) mass is 442 g/mol. The summed E-state index contributed by atoms with van der Waals surface area (Å²) in [7, 11) is 2.80. The molecule has 1 heterocycles. The minimum absolute atomic E-state index is 0.139. The van der Waals surface area contributed by atoms with E-state index in [1.54, 1.807) is 0 Å². The number of rotatable bonds is 5. The van der Waals surface area contributed by atoms with Gasteiger partial charge >= 0.3 is 0 Å². The number of hydrogen-bond donors (Lipinski definition) is 0. The standard InChI is InChI=1S/C16H19IOSSi2/c1-16(2,3)21(20)18-13(8-9-17)11-14-10-12-6-4-5-7-15(12)19-14/h4-10,13H,11H2,1-3H3/b9-8+. The SMILES string of the molecule is CC(C)(C)[Si]([Si])OC(/C=C/I)Cc1cc2ccccc2s1. The van der Waals surface area contributed by atoms with Crippen molar-refractivity contribution in [2.24, 2.45) is 0 Å². The van der Waals surface area contributed by atoms with Crippen LogP contribution in [0.4, 0.5) is 0 Å². The lowest BCUT2D eigenvalue weighted by atomic mass is 10.2. The minimum Gasteiger partial charge on any atom is -0.414 e. The van der Waals surface area contributed by atoms with E-state index in [2.05, 4.69) is 93.6 Å². The molecule has 110 valence electrons. The first-order valence-electron chi connectivity index (χ1n) is 6.90. The Morgan fingerprint density at radius 3 is 2.71 bits per heavy atom. The van der Waals surface area contributed by atoms with Crippen LogP contribution >= 0.6 is 33.9 Å². The van der Waals surface area contributed by atoms with Gasteiger partial charge in [-0.05, 0) is 26.6 Å². The summed E-state index contributed by atoms with van der Waals surface area (Å²) >= 11 is 4.13. The molecule has 0 amide bonds. The zero-order valence-electron chi connectivity index (χ0n) is 12.5. The fourth-order valence-electron chi connectivity index (χ4n) is 1.89. The summed E-state index contributed by atoms with van der Waals surface area (Å²) in [6.07, 6.45) is 3.23. The van der Waals surface area contributed by atoms with Gasteiger partial charge in [-0.2, -0.15) is 0 Å². The quantitative estimate of drug-likeness (QED) is 0.455. The summed E-state index contributed by atoms with van der Waals surface area (Å²) < 4.78 is 9.69. The van der Waals surface area contributed by atoms with Gasteiger partial charge in [0.15, 0.2) is 8.56 Å². The van der Waals surface area contributed by atoms with E-state index >= 15 is 0 Å². The van der Waals surface area contributed by atoms with Crippen molar-refractivity contribution in [3.05, 3.63) is 45.4 Å². The van der Waals surface area contributed by atoms with Crippen LogP contribution in [0.5, 0.6) is 0 Å². The first-order chi connectivity index (χ1) is 9.90. The Hall–Kier alpha value is 0.0438. The van der Waals surface area contributed by atoms with E-state index in [9.17, 15) is 0 Å². The van der Waals surface area contributed by atoms with E-state index in [-0.39, 0.29) is 11.1 Å². The molecule has 0 saturated carbocycles. The Morgan fingerprint density at radius 2 is 2.10 bits per heavy atom. The zero-order valence-corrected chi connectivity index (χ0v) is 17.5. The Balaban J connectivity index is 2.12. The predicted octanol–water partition coefficient (Wildman–Crippen LogP) is 5.23. The molecule has 0 aliphatic heterocycles. The third kappa shape index (κ3) is 5.02. The fraction of sp³-hybridized carbons (Fsp3) is 0.375. The van der Waals surface area contributed by atoms with Gasteiger partial charge in [-0.15, -0.1) is 11.3 Å². The van der Waals surface area contributed by atoms with Crippen LogP contribution in [0.25, 0.3) is 10.1 Å². The normalized spacial score (nSPS) is 14.4. The lowest BCUT2D eigenvalue weighted by molar-refractivity contribution is 0.248. The molecule has 0 N–H and O–H groups in total. The van der Waals surface area contributed by atoms with Gasteiger partial charge in [0.05, 0.1) is 6.10 Å². The van der Waals surface area contributed by atoms with Crippen molar-refractivity contribution in [3.63, 3.8) is 0 Å². The summed E-state index contributed by atoms with van der Waals surface area (Å²) in [5.74, 6) is 0. The summed E-state index contributed by atoms with van der Waals surface area (Å²) in [6, 6.07) is 10.8. The molecule has 4 radical (unpaired) electrons. The van der Waals surface area contributed by atoms with Crippen molar-refractivity contribution in [1.29, 1.82) is 0 Å². The van der Waals surface area contributed by atoms with Crippen molar-refractivity contribution >= 4 is 62.3 Å². The number of fused-ring (bicyclic) bond motifs is 1. The Labute approximate surface area is 149 Å². The maximum Gasteiger partial charge on any atom is 0.193 e. The summed E-state index contributed by atoms with van der Waals surface area (Å²) in [6.45, 7) is 6.66. The van der Waals surface area contributed by atoms with Crippen LogP contribution in [0, 0.1) is 0 Å². The van der Waals surface area contributed by atoms with Gasteiger partial charge in [0, 0.05) is 25.8 Å². The summed E-state index contributed by atoms with van der Waals surface area (Å²) in [5, 5.41) is 1.51. The van der Waals surface area contributed by atoms with Crippen LogP contribution in [0.1, 0.15) is 25.6 Å². The highest BCUT2D eigenvalue weighted by molar-refractivity contribution is 14.1. The highest BCUT2D eigenvalue weighted by Gasteiger charge is 2.26. The molecule has 5 heteroatoms. The molecule has 1 nitrogen and oxygen atoms in total. The highest BCUT2D eigenvalue weighted by atomic mass is 127.